The van der Waals surface area contributed by atoms with E-state index < -0.39 is 5.54 Å². The highest BCUT2D eigenvalue weighted by molar-refractivity contribution is 5.34. The standard InChI is InChI=1S/C16H18FN/c1-12-6-3-4-9-15(12)16(2,18)11-13-7-5-8-14(17)10-13/h3-10H,11,18H2,1-2H3. The lowest BCUT2D eigenvalue weighted by molar-refractivity contribution is 0.487. The van der Waals surface area contributed by atoms with E-state index in [-0.39, 0.29) is 5.82 Å². The summed E-state index contributed by atoms with van der Waals surface area (Å²) in [4.78, 5) is 0. The van der Waals surface area contributed by atoms with Crippen molar-refractivity contribution in [2.45, 2.75) is 25.8 Å². The smallest absolute Gasteiger partial charge is 0.123 e. The minimum absolute atomic E-state index is 0.215. The van der Waals surface area contributed by atoms with Crippen LogP contribution in [0.1, 0.15) is 23.6 Å². The summed E-state index contributed by atoms with van der Waals surface area (Å²) in [6.45, 7) is 4.03. The van der Waals surface area contributed by atoms with Gasteiger partial charge in [-0.15, -0.1) is 0 Å². The van der Waals surface area contributed by atoms with E-state index in [0.717, 1.165) is 11.1 Å². The van der Waals surface area contributed by atoms with Gasteiger partial charge in [0.25, 0.3) is 0 Å². The maximum Gasteiger partial charge on any atom is 0.123 e. The minimum Gasteiger partial charge on any atom is -0.321 e. The Morgan fingerprint density at radius 1 is 1.11 bits per heavy atom. The number of halogens is 1. The summed E-state index contributed by atoms with van der Waals surface area (Å²) in [7, 11) is 0. The Labute approximate surface area is 107 Å². The molecule has 0 saturated carbocycles. The molecule has 0 aromatic heterocycles. The molecule has 1 atom stereocenters. The van der Waals surface area contributed by atoms with Gasteiger partial charge in [-0.3, -0.25) is 0 Å². The van der Waals surface area contributed by atoms with Crippen molar-refractivity contribution in [3.05, 3.63) is 71.0 Å². The Kier molecular flexibility index (Phi) is 3.48. The molecule has 18 heavy (non-hydrogen) atoms. The van der Waals surface area contributed by atoms with Crippen LogP contribution < -0.4 is 5.73 Å². The monoisotopic (exact) mass is 243 g/mol. The summed E-state index contributed by atoms with van der Waals surface area (Å²) in [5.74, 6) is -0.215. The van der Waals surface area contributed by atoms with Gasteiger partial charge in [0.2, 0.25) is 0 Å². The van der Waals surface area contributed by atoms with E-state index in [1.165, 1.54) is 11.6 Å². The fraction of sp³-hybridized carbons (Fsp3) is 0.250. The molecular formula is C16H18FN. The number of hydrogen-bond donors (Lipinski definition) is 1. The third-order valence-corrected chi connectivity index (χ3v) is 3.22. The normalized spacial score (nSPS) is 14.2. The lowest BCUT2D eigenvalue weighted by Gasteiger charge is -2.27. The van der Waals surface area contributed by atoms with Crippen LogP contribution in [0.5, 0.6) is 0 Å². The van der Waals surface area contributed by atoms with E-state index in [0.29, 0.717) is 6.42 Å². The van der Waals surface area contributed by atoms with Crippen molar-refractivity contribution in [1.82, 2.24) is 0 Å². The fourth-order valence-electron chi connectivity index (χ4n) is 2.38. The molecule has 0 aliphatic rings. The Morgan fingerprint density at radius 2 is 1.83 bits per heavy atom. The zero-order chi connectivity index (χ0) is 13.2. The maximum absolute atomic E-state index is 13.2. The fourth-order valence-corrected chi connectivity index (χ4v) is 2.38. The first kappa shape index (κ1) is 12.8. The molecule has 0 radical (unpaired) electrons. The van der Waals surface area contributed by atoms with Crippen LogP contribution in [0.15, 0.2) is 48.5 Å². The van der Waals surface area contributed by atoms with Gasteiger partial charge in [-0.25, -0.2) is 4.39 Å². The number of aryl methyl sites for hydroxylation is 1. The Bertz CT molecular complexity index is 546. The second kappa shape index (κ2) is 4.91. The topological polar surface area (TPSA) is 26.0 Å². The Hall–Kier alpha value is -1.67. The molecule has 2 aromatic carbocycles. The summed E-state index contributed by atoms with van der Waals surface area (Å²) in [6, 6.07) is 14.7. The molecule has 2 aromatic rings. The summed E-state index contributed by atoms with van der Waals surface area (Å²) in [5, 5.41) is 0. The summed E-state index contributed by atoms with van der Waals surface area (Å²) < 4.78 is 13.2. The van der Waals surface area contributed by atoms with Crippen LogP contribution in [0.25, 0.3) is 0 Å². The van der Waals surface area contributed by atoms with E-state index in [1.807, 2.05) is 44.2 Å². The summed E-state index contributed by atoms with van der Waals surface area (Å²) in [5.41, 5.74) is 9.10. The third kappa shape index (κ3) is 2.77. The van der Waals surface area contributed by atoms with Crippen molar-refractivity contribution in [2.24, 2.45) is 5.73 Å². The van der Waals surface area contributed by atoms with Gasteiger partial charge in [-0.05, 0) is 49.1 Å². The molecule has 2 N–H and O–H groups in total. The van der Waals surface area contributed by atoms with Crippen molar-refractivity contribution >= 4 is 0 Å². The predicted octanol–water partition coefficient (Wildman–Crippen LogP) is 3.55. The number of benzene rings is 2. The van der Waals surface area contributed by atoms with Crippen molar-refractivity contribution in [1.29, 1.82) is 0 Å². The molecule has 0 amide bonds. The SMILES string of the molecule is Cc1ccccc1C(C)(N)Cc1cccc(F)c1. The molecule has 1 nitrogen and oxygen atoms in total. The van der Waals surface area contributed by atoms with E-state index in [4.69, 9.17) is 5.73 Å². The summed E-state index contributed by atoms with van der Waals surface area (Å²) >= 11 is 0. The lowest BCUT2D eigenvalue weighted by Crippen LogP contribution is -2.36. The van der Waals surface area contributed by atoms with Gasteiger partial charge in [0.1, 0.15) is 5.82 Å². The Morgan fingerprint density at radius 3 is 2.50 bits per heavy atom. The molecular weight excluding hydrogens is 225 g/mol. The molecule has 2 rings (SSSR count). The molecule has 0 spiro atoms. The highest BCUT2D eigenvalue weighted by Gasteiger charge is 2.23. The molecule has 0 aliphatic carbocycles. The van der Waals surface area contributed by atoms with E-state index in [1.54, 1.807) is 12.1 Å². The lowest BCUT2D eigenvalue weighted by atomic mass is 9.84. The molecule has 1 unspecified atom stereocenters. The van der Waals surface area contributed by atoms with Crippen LogP contribution in [0.4, 0.5) is 4.39 Å². The van der Waals surface area contributed by atoms with Gasteiger partial charge in [0.05, 0.1) is 0 Å². The first-order chi connectivity index (χ1) is 8.49. The first-order valence-corrected chi connectivity index (χ1v) is 6.08. The average molecular weight is 243 g/mol. The van der Waals surface area contributed by atoms with Gasteiger partial charge in [0.15, 0.2) is 0 Å². The largest absolute Gasteiger partial charge is 0.321 e. The molecule has 94 valence electrons. The van der Waals surface area contributed by atoms with E-state index >= 15 is 0 Å². The van der Waals surface area contributed by atoms with Crippen LogP contribution in [0, 0.1) is 12.7 Å². The van der Waals surface area contributed by atoms with Crippen LogP contribution >= 0.6 is 0 Å². The van der Waals surface area contributed by atoms with Gasteiger partial charge < -0.3 is 5.73 Å². The molecule has 0 bridgehead atoms. The Balaban J connectivity index is 2.30. The van der Waals surface area contributed by atoms with Crippen LogP contribution in [-0.4, -0.2) is 0 Å². The highest BCUT2D eigenvalue weighted by atomic mass is 19.1. The van der Waals surface area contributed by atoms with E-state index in [9.17, 15) is 4.39 Å². The first-order valence-electron chi connectivity index (χ1n) is 6.08. The third-order valence-electron chi connectivity index (χ3n) is 3.22. The van der Waals surface area contributed by atoms with Gasteiger partial charge in [0, 0.05) is 5.54 Å². The zero-order valence-corrected chi connectivity index (χ0v) is 10.8. The second-order valence-electron chi connectivity index (χ2n) is 5.04. The van der Waals surface area contributed by atoms with Gasteiger partial charge >= 0.3 is 0 Å². The molecule has 0 heterocycles. The predicted molar refractivity (Wildman–Crippen MR) is 72.8 cm³/mol. The minimum atomic E-state index is -0.487. The van der Waals surface area contributed by atoms with Crippen molar-refractivity contribution in [2.75, 3.05) is 0 Å². The molecule has 0 aliphatic heterocycles. The number of rotatable bonds is 3. The molecule has 2 heteroatoms. The van der Waals surface area contributed by atoms with Crippen molar-refractivity contribution < 1.29 is 4.39 Å². The number of nitrogens with two attached hydrogens (primary N) is 1. The second-order valence-corrected chi connectivity index (χ2v) is 5.04. The van der Waals surface area contributed by atoms with Crippen LogP contribution in [-0.2, 0) is 12.0 Å². The van der Waals surface area contributed by atoms with Crippen molar-refractivity contribution in [3.63, 3.8) is 0 Å². The van der Waals surface area contributed by atoms with Gasteiger partial charge in [-0.2, -0.15) is 0 Å². The van der Waals surface area contributed by atoms with Crippen LogP contribution in [0.3, 0.4) is 0 Å². The maximum atomic E-state index is 13.2. The number of hydrogen-bond acceptors (Lipinski definition) is 1. The van der Waals surface area contributed by atoms with E-state index in [2.05, 4.69) is 0 Å². The zero-order valence-electron chi connectivity index (χ0n) is 10.8. The quantitative estimate of drug-likeness (QED) is 0.876. The molecule has 0 saturated heterocycles. The summed E-state index contributed by atoms with van der Waals surface area (Å²) in [6.07, 6.45) is 0.621. The van der Waals surface area contributed by atoms with Gasteiger partial charge in [-0.1, -0.05) is 36.4 Å². The van der Waals surface area contributed by atoms with Crippen molar-refractivity contribution in [3.8, 4) is 0 Å². The average Bonchev–Trinajstić information content (AvgIpc) is 2.28. The molecule has 0 fully saturated rings. The highest BCUT2D eigenvalue weighted by Crippen LogP contribution is 2.25. The van der Waals surface area contributed by atoms with Crippen LogP contribution in [0.2, 0.25) is 0 Å².